The average Bonchev–Trinajstić information content (AvgIpc) is 2.70. The highest BCUT2D eigenvalue weighted by atomic mass is 19.3. The first-order valence-electron chi connectivity index (χ1n) is 8.11. The molecule has 0 aromatic carbocycles. The molecule has 1 heterocycles. The van der Waals surface area contributed by atoms with E-state index in [-0.39, 0.29) is 24.7 Å². The minimum Gasteiger partial charge on any atom is -0.341 e. The summed E-state index contributed by atoms with van der Waals surface area (Å²) >= 11 is 0. The molecule has 122 valence electrons. The lowest BCUT2D eigenvalue weighted by Gasteiger charge is -2.31. The van der Waals surface area contributed by atoms with Crippen LogP contribution in [0.1, 0.15) is 38.5 Å². The van der Waals surface area contributed by atoms with Crippen LogP contribution in [-0.2, 0) is 4.79 Å². The van der Waals surface area contributed by atoms with Gasteiger partial charge in [-0.3, -0.25) is 4.79 Å². The summed E-state index contributed by atoms with van der Waals surface area (Å²) in [4.78, 5) is 16.7. The zero-order valence-electron chi connectivity index (χ0n) is 12.7. The van der Waals surface area contributed by atoms with Crippen LogP contribution >= 0.6 is 0 Å². The molecular weight excluding hydrogens is 276 g/mol. The minimum atomic E-state index is -2.56. The van der Waals surface area contributed by atoms with Gasteiger partial charge >= 0.3 is 0 Å². The van der Waals surface area contributed by atoms with Gasteiger partial charge in [-0.25, -0.2) is 8.78 Å². The van der Waals surface area contributed by atoms with Crippen LogP contribution in [0.2, 0.25) is 0 Å². The number of nitrogens with zero attached hydrogens (tertiary/aromatic N) is 2. The first-order valence-corrected chi connectivity index (χ1v) is 8.11. The number of hydrogen-bond acceptors (Lipinski definition) is 3. The van der Waals surface area contributed by atoms with E-state index in [0.717, 1.165) is 45.6 Å². The van der Waals surface area contributed by atoms with Gasteiger partial charge in [0, 0.05) is 38.4 Å². The first-order chi connectivity index (χ1) is 10.0. The van der Waals surface area contributed by atoms with Crippen molar-refractivity contribution in [2.45, 2.75) is 44.4 Å². The molecule has 1 aliphatic carbocycles. The number of halogens is 2. The van der Waals surface area contributed by atoms with Crippen molar-refractivity contribution < 1.29 is 13.6 Å². The molecule has 1 saturated carbocycles. The number of rotatable bonds is 4. The van der Waals surface area contributed by atoms with Crippen LogP contribution in [-0.4, -0.2) is 60.9 Å². The van der Waals surface area contributed by atoms with Crippen molar-refractivity contribution >= 4 is 5.91 Å². The fraction of sp³-hybridized carbons (Fsp3) is 0.933. The van der Waals surface area contributed by atoms with Crippen molar-refractivity contribution in [3.05, 3.63) is 0 Å². The summed E-state index contributed by atoms with van der Waals surface area (Å²) in [5.74, 6) is -2.67. The average molecular weight is 303 g/mol. The molecule has 21 heavy (non-hydrogen) atoms. The highest BCUT2D eigenvalue weighted by Crippen LogP contribution is 2.36. The fourth-order valence-electron chi connectivity index (χ4n) is 3.28. The minimum absolute atomic E-state index is 0.0891. The van der Waals surface area contributed by atoms with Crippen LogP contribution in [0.4, 0.5) is 8.78 Å². The van der Waals surface area contributed by atoms with Gasteiger partial charge in [0.25, 0.3) is 0 Å². The number of nitrogens with two attached hydrogens (primary N) is 1. The lowest BCUT2D eigenvalue weighted by Crippen LogP contribution is -2.41. The largest absolute Gasteiger partial charge is 0.341 e. The standard InChI is InChI=1S/C15H27F2N3O/c16-15(17)5-3-13(4-6-15)14(21)20-10-2-9-19(11-12-20)8-1-7-18/h13H,1-12,18H2. The Labute approximate surface area is 125 Å². The number of alkyl halides is 2. The maximum atomic E-state index is 13.2. The quantitative estimate of drug-likeness (QED) is 0.860. The van der Waals surface area contributed by atoms with Crippen LogP contribution in [0.25, 0.3) is 0 Å². The van der Waals surface area contributed by atoms with Gasteiger partial charge in [-0.15, -0.1) is 0 Å². The molecule has 0 spiro atoms. The third-order valence-corrected chi connectivity index (χ3v) is 4.65. The van der Waals surface area contributed by atoms with Gasteiger partial charge in [0.1, 0.15) is 0 Å². The van der Waals surface area contributed by atoms with Crippen molar-refractivity contribution in [3.8, 4) is 0 Å². The second-order valence-electron chi connectivity index (χ2n) is 6.29. The highest BCUT2D eigenvalue weighted by molar-refractivity contribution is 5.79. The zero-order valence-corrected chi connectivity index (χ0v) is 12.7. The molecule has 4 nitrogen and oxygen atoms in total. The molecule has 2 aliphatic rings. The van der Waals surface area contributed by atoms with E-state index in [1.165, 1.54) is 0 Å². The Balaban J connectivity index is 1.80. The van der Waals surface area contributed by atoms with Crippen LogP contribution in [0.3, 0.4) is 0 Å². The van der Waals surface area contributed by atoms with Crippen molar-refractivity contribution in [2.24, 2.45) is 11.7 Å². The normalized spacial score (nSPS) is 24.8. The van der Waals surface area contributed by atoms with Crippen molar-refractivity contribution in [1.82, 2.24) is 9.80 Å². The summed E-state index contributed by atoms with van der Waals surface area (Å²) < 4.78 is 26.4. The van der Waals surface area contributed by atoms with Gasteiger partial charge in [-0.05, 0) is 45.3 Å². The molecule has 1 saturated heterocycles. The summed E-state index contributed by atoms with van der Waals surface area (Å²) in [6.07, 6.45) is 2.32. The molecule has 0 unspecified atom stereocenters. The smallest absolute Gasteiger partial charge is 0.248 e. The van der Waals surface area contributed by atoms with E-state index >= 15 is 0 Å². The number of carbonyl (C=O) groups is 1. The SMILES string of the molecule is NCCCN1CCCN(C(=O)C2CCC(F)(F)CC2)CC1. The molecule has 0 bridgehead atoms. The Morgan fingerprint density at radius 3 is 2.52 bits per heavy atom. The van der Waals surface area contributed by atoms with Crippen molar-refractivity contribution in [2.75, 3.05) is 39.3 Å². The monoisotopic (exact) mass is 303 g/mol. The molecule has 0 aromatic rings. The summed E-state index contributed by atoms with van der Waals surface area (Å²) in [5.41, 5.74) is 5.53. The van der Waals surface area contributed by atoms with Gasteiger partial charge in [0.15, 0.2) is 0 Å². The maximum absolute atomic E-state index is 13.2. The van der Waals surface area contributed by atoms with E-state index in [9.17, 15) is 13.6 Å². The summed E-state index contributed by atoms with van der Waals surface area (Å²) in [7, 11) is 0. The second kappa shape index (κ2) is 7.49. The van der Waals surface area contributed by atoms with Gasteiger partial charge in [-0.2, -0.15) is 0 Å². The molecule has 2 fully saturated rings. The molecule has 1 aliphatic heterocycles. The maximum Gasteiger partial charge on any atom is 0.248 e. The third kappa shape index (κ3) is 4.88. The van der Waals surface area contributed by atoms with Crippen molar-refractivity contribution in [3.63, 3.8) is 0 Å². The Hall–Kier alpha value is -0.750. The Morgan fingerprint density at radius 2 is 1.86 bits per heavy atom. The third-order valence-electron chi connectivity index (χ3n) is 4.65. The lowest BCUT2D eigenvalue weighted by molar-refractivity contribution is -0.139. The number of amides is 1. The molecule has 2 N–H and O–H groups in total. The zero-order chi connectivity index (χ0) is 15.3. The number of hydrogen-bond donors (Lipinski definition) is 1. The molecule has 0 atom stereocenters. The van der Waals surface area contributed by atoms with Gasteiger partial charge in [-0.1, -0.05) is 0 Å². The Kier molecular flexibility index (Phi) is 5.93. The van der Waals surface area contributed by atoms with E-state index in [4.69, 9.17) is 5.73 Å². The predicted molar refractivity (Wildman–Crippen MR) is 78.2 cm³/mol. The molecular formula is C15H27F2N3O. The molecule has 6 heteroatoms. The number of carbonyl (C=O) groups excluding carboxylic acids is 1. The second-order valence-corrected chi connectivity index (χ2v) is 6.29. The van der Waals surface area contributed by atoms with E-state index < -0.39 is 5.92 Å². The lowest BCUT2D eigenvalue weighted by atomic mass is 9.86. The van der Waals surface area contributed by atoms with Crippen LogP contribution in [0.5, 0.6) is 0 Å². The van der Waals surface area contributed by atoms with Crippen molar-refractivity contribution in [1.29, 1.82) is 0 Å². The van der Waals surface area contributed by atoms with E-state index in [1.54, 1.807) is 0 Å². The van der Waals surface area contributed by atoms with Gasteiger partial charge in [0.05, 0.1) is 0 Å². The highest BCUT2D eigenvalue weighted by Gasteiger charge is 2.38. The van der Waals surface area contributed by atoms with Gasteiger partial charge in [0.2, 0.25) is 11.8 Å². The Bertz CT molecular complexity index is 342. The fourth-order valence-corrected chi connectivity index (χ4v) is 3.28. The molecule has 0 radical (unpaired) electrons. The summed E-state index contributed by atoms with van der Waals surface area (Å²) in [6, 6.07) is 0. The van der Waals surface area contributed by atoms with Crippen LogP contribution in [0, 0.1) is 5.92 Å². The molecule has 2 rings (SSSR count). The summed E-state index contributed by atoms with van der Waals surface area (Å²) in [6.45, 7) is 5.01. The Morgan fingerprint density at radius 1 is 1.14 bits per heavy atom. The summed E-state index contributed by atoms with van der Waals surface area (Å²) in [5, 5.41) is 0. The van der Waals surface area contributed by atoms with E-state index in [2.05, 4.69) is 4.90 Å². The molecule has 0 aromatic heterocycles. The molecule has 1 amide bonds. The predicted octanol–water partition coefficient (Wildman–Crippen LogP) is 1.69. The van der Waals surface area contributed by atoms with Gasteiger partial charge < -0.3 is 15.5 Å². The van der Waals surface area contributed by atoms with E-state index in [0.29, 0.717) is 19.4 Å². The topological polar surface area (TPSA) is 49.6 Å². The van der Waals surface area contributed by atoms with E-state index in [1.807, 2.05) is 4.90 Å². The first kappa shape index (κ1) is 16.6. The van der Waals surface area contributed by atoms with Crippen LogP contribution < -0.4 is 5.73 Å². The van der Waals surface area contributed by atoms with Crippen LogP contribution in [0.15, 0.2) is 0 Å².